The van der Waals surface area contributed by atoms with Crippen molar-refractivity contribution in [3.63, 3.8) is 0 Å². The fraction of sp³-hybridized carbons (Fsp3) is 0.300. The minimum atomic E-state index is -0.257. The van der Waals surface area contributed by atoms with Crippen molar-refractivity contribution in [2.75, 3.05) is 5.32 Å². The summed E-state index contributed by atoms with van der Waals surface area (Å²) in [4.78, 5) is 12.5. The predicted octanol–water partition coefficient (Wildman–Crippen LogP) is 3.73. The van der Waals surface area contributed by atoms with Crippen molar-refractivity contribution in [1.82, 2.24) is 19.7 Å². The second-order valence-electron chi connectivity index (χ2n) is 6.99. The Balaban J connectivity index is 1.76. The van der Waals surface area contributed by atoms with Crippen LogP contribution in [0.2, 0.25) is 0 Å². The number of fused-ring (bicyclic) bond motifs is 1. The molecule has 0 saturated heterocycles. The maximum absolute atomic E-state index is 12.5. The van der Waals surface area contributed by atoms with E-state index in [1.807, 2.05) is 41.2 Å². The van der Waals surface area contributed by atoms with Crippen molar-refractivity contribution >= 4 is 11.6 Å². The zero-order chi connectivity index (χ0) is 18.4. The van der Waals surface area contributed by atoms with Crippen LogP contribution in [0.25, 0.3) is 5.82 Å². The number of nitrogens with zero attached hydrogens (tertiary/aromatic N) is 3. The van der Waals surface area contributed by atoms with Gasteiger partial charge in [-0.1, -0.05) is 12.1 Å². The normalized spacial score (nSPS) is 16.3. The number of aryl methyl sites for hydroxylation is 1. The zero-order valence-corrected chi connectivity index (χ0v) is 15.4. The Morgan fingerprint density at radius 3 is 2.65 bits per heavy atom. The maximum Gasteiger partial charge on any atom is 0.255 e. The Bertz CT molecular complexity index is 982. The van der Waals surface area contributed by atoms with E-state index < -0.39 is 0 Å². The summed E-state index contributed by atoms with van der Waals surface area (Å²) in [5.74, 6) is 0.977. The average Bonchev–Trinajstić information content (AvgIpc) is 3.19. The fourth-order valence-corrected chi connectivity index (χ4v) is 3.68. The van der Waals surface area contributed by atoms with Crippen molar-refractivity contribution in [3.8, 4) is 5.82 Å². The van der Waals surface area contributed by atoms with E-state index in [0.717, 1.165) is 28.5 Å². The third-order valence-electron chi connectivity index (χ3n) is 4.90. The van der Waals surface area contributed by atoms with Gasteiger partial charge in [-0.25, -0.2) is 4.68 Å². The van der Waals surface area contributed by atoms with E-state index in [-0.39, 0.29) is 18.1 Å². The summed E-state index contributed by atoms with van der Waals surface area (Å²) in [5, 5.41) is 11.0. The Labute approximate surface area is 152 Å². The van der Waals surface area contributed by atoms with Crippen LogP contribution in [-0.4, -0.2) is 20.3 Å². The Kier molecular flexibility index (Phi) is 3.83. The monoisotopic (exact) mass is 349 g/mol. The molecule has 3 aromatic rings. The fourth-order valence-electron chi connectivity index (χ4n) is 3.68. The SMILES string of the molecule is Cc1cc([C@H]2NC(=O)c3ccccc3N2)c(C)n1-c1ccnn1C(C)C. The summed E-state index contributed by atoms with van der Waals surface area (Å²) in [5.41, 5.74) is 4.78. The van der Waals surface area contributed by atoms with E-state index in [1.165, 1.54) is 0 Å². The number of anilines is 1. The highest BCUT2D eigenvalue weighted by atomic mass is 16.2. The molecule has 0 aliphatic carbocycles. The lowest BCUT2D eigenvalue weighted by atomic mass is 10.1. The van der Waals surface area contributed by atoms with E-state index >= 15 is 0 Å². The van der Waals surface area contributed by atoms with Gasteiger partial charge in [-0.3, -0.25) is 4.79 Å². The summed E-state index contributed by atoms with van der Waals surface area (Å²) in [7, 11) is 0. The van der Waals surface area contributed by atoms with E-state index in [1.54, 1.807) is 0 Å². The summed E-state index contributed by atoms with van der Waals surface area (Å²) >= 11 is 0. The number of carbonyl (C=O) groups is 1. The molecule has 0 radical (unpaired) electrons. The molecule has 0 bridgehead atoms. The smallest absolute Gasteiger partial charge is 0.255 e. The highest BCUT2D eigenvalue weighted by Crippen LogP contribution is 2.31. The van der Waals surface area contributed by atoms with Gasteiger partial charge in [0.05, 0.1) is 11.8 Å². The molecule has 26 heavy (non-hydrogen) atoms. The molecule has 0 saturated carbocycles. The third kappa shape index (κ3) is 2.49. The molecule has 6 nitrogen and oxygen atoms in total. The van der Waals surface area contributed by atoms with Gasteiger partial charge in [0.25, 0.3) is 5.91 Å². The van der Waals surface area contributed by atoms with Crippen LogP contribution in [0.1, 0.15) is 53.4 Å². The minimum absolute atomic E-state index is 0.0543. The highest BCUT2D eigenvalue weighted by Gasteiger charge is 2.27. The van der Waals surface area contributed by atoms with Crippen LogP contribution in [-0.2, 0) is 0 Å². The molecule has 0 fully saturated rings. The summed E-state index contributed by atoms with van der Waals surface area (Å²) < 4.78 is 4.20. The van der Waals surface area contributed by atoms with E-state index in [2.05, 4.69) is 54.1 Å². The van der Waals surface area contributed by atoms with E-state index in [0.29, 0.717) is 5.56 Å². The van der Waals surface area contributed by atoms with Crippen molar-refractivity contribution in [2.24, 2.45) is 0 Å². The van der Waals surface area contributed by atoms with Gasteiger partial charge in [-0.05, 0) is 45.9 Å². The van der Waals surface area contributed by atoms with Crippen LogP contribution in [0.3, 0.4) is 0 Å². The first-order valence-electron chi connectivity index (χ1n) is 8.86. The van der Waals surface area contributed by atoms with E-state index in [9.17, 15) is 4.79 Å². The number of para-hydroxylation sites is 1. The number of nitrogens with one attached hydrogen (secondary N) is 2. The molecule has 1 aromatic carbocycles. The molecule has 1 amide bonds. The predicted molar refractivity (Wildman–Crippen MR) is 102 cm³/mol. The van der Waals surface area contributed by atoms with Gasteiger partial charge in [-0.15, -0.1) is 0 Å². The molecule has 4 rings (SSSR count). The maximum atomic E-state index is 12.5. The molecule has 2 aromatic heterocycles. The molecular weight excluding hydrogens is 326 g/mol. The lowest BCUT2D eigenvalue weighted by Gasteiger charge is -2.28. The van der Waals surface area contributed by atoms with Gasteiger partial charge in [-0.2, -0.15) is 5.10 Å². The first-order valence-corrected chi connectivity index (χ1v) is 8.86. The topological polar surface area (TPSA) is 63.9 Å². The lowest BCUT2D eigenvalue weighted by molar-refractivity contribution is 0.0935. The van der Waals surface area contributed by atoms with Crippen LogP contribution in [0.15, 0.2) is 42.6 Å². The number of hydrogen-bond donors (Lipinski definition) is 2. The largest absolute Gasteiger partial charge is 0.361 e. The number of benzene rings is 1. The second kappa shape index (κ2) is 6.05. The van der Waals surface area contributed by atoms with Crippen molar-refractivity contribution in [2.45, 2.75) is 39.9 Å². The average molecular weight is 349 g/mol. The minimum Gasteiger partial charge on any atom is -0.361 e. The number of aromatic nitrogens is 3. The number of hydrogen-bond acceptors (Lipinski definition) is 3. The number of rotatable bonds is 3. The summed E-state index contributed by atoms with van der Waals surface area (Å²) in [6.07, 6.45) is 1.57. The van der Waals surface area contributed by atoms with Gasteiger partial charge in [0.2, 0.25) is 0 Å². The summed E-state index contributed by atoms with van der Waals surface area (Å²) in [6, 6.07) is 12.0. The van der Waals surface area contributed by atoms with Crippen molar-refractivity contribution in [1.29, 1.82) is 0 Å². The molecule has 0 unspecified atom stereocenters. The van der Waals surface area contributed by atoms with Crippen LogP contribution < -0.4 is 10.6 Å². The van der Waals surface area contributed by atoms with Gasteiger partial charge < -0.3 is 15.2 Å². The first-order chi connectivity index (χ1) is 12.5. The molecule has 6 heteroatoms. The Morgan fingerprint density at radius 1 is 1.12 bits per heavy atom. The molecule has 134 valence electrons. The molecule has 1 aliphatic heterocycles. The van der Waals surface area contributed by atoms with Gasteiger partial charge >= 0.3 is 0 Å². The van der Waals surface area contributed by atoms with Crippen LogP contribution in [0, 0.1) is 13.8 Å². The number of carbonyl (C=O) groups excluding carboxylic acids is 1. The standard InChI is InChI=1S/C20H23N5O/c1-12(2)25-18(9-10-21-25)24-13(3)11-16(14(24)4)19-22-17-8-6-5-7-15(17)20(26)23-19/h5-12,19,22H,1-4H3,(H,23,26)/t19-/m1/s1. The Morgan fingerprint density at radius 2 is 1.88 bits per heavy atom. The first kappa shape index (κ1) is 16.4. The van der Waals surface area contributed by atoms with Crippen molar-refractivity contribution < 1.29 is 4.79 Å². The van der Waals surface area contributed by atoms with Crippen LogP contribution in [0.4, 0.5) is 5.69 Å². The molecule has 0 spiro atoms. The Hall–Kier alpha value is -3.02. The molecule has 3 heterocycles. The molecule has 2 N–H and O–H groups in total. The highest BCUT2D eigenvalue weighted by molar-refractivity contribution is 6.01. The van der Waals surface area contributed by atoms with Gasteiger partial charge in [0.15, 0.2) is 0 Å². The summed E-state index contributed by atoms with van der Waals surface area (Å²) in [6.45, 7) is 8.39. The molecule has 1 atom stereocenters. The van der Waals surface area contributed by atoms with Gasteiger partial charge in [0, 0.05) is 34.7 Å². The van der Waals surface area contributed by atoms with Gasteiger partial charge in [0.1, 0.15) is 12.0 Å². The molecular formula is C20H23N5O. The quantitative estimate of drug-likeness (QED) is 0.757. The third-order valence-corrected chi connectivity index (χ3v) is 4.90. The second-order valence-corrected chi connectivity index (χ2v) is 6.99. The zero-order valence-electron chi connectivity index (χ0n) is 15.4. The van der Waals surface area contributed by atoms with Crippen LogP contribution in [0.5, 0.6) is 0 Å². The van der Waals surface area contributed by atoms with E-state index in [4.69, 9.17) is 0 Å². The van der Waals surface area contributed by atoms with Crippen LogP contribution >= 0.6 is 0 Å². The number of amides is 1. The van der Waals surface area contributed by atoms with Crippen molar-refractivity contribution in [3.05, 3.63) is 65.1 Å². The lowest BCUT2D eigenvalue weighted by Crippen LogP contribution is -2.38. The molecule has 1 aliphatic rings.